The van der Waals surface area contributed by atoms with Gasteiger partial charge in [-0.25, -0.2) is 4.98 Å². The molecule has 2 aromatic carbocycles. The minimum Gasteiger partial charge on any atom is -0.385 e. The lowest BCUT2D eigenvalue weighted by atomic mass is 9.85. The zero-order valence-electron chi connectivity index (χ0n) is 35.0. The zero-order chi connectivity index (χ0) is 45.0. The number of likely N-dealkylation sites (tertiary alicyclic amines) is 1. The number of hydrogen-bond acceptors (Lipinski definition) is 10. The molecular formula is C44H50F5N9O5S. The molecular weight excluding hydrogens is 862 g/mol. The number of piperidine rings is 3. The van der Waals surface area contributed by atoms with Crippen molar-refractivity contribution in [2.24, 2.45) is 11.8 Å². The second-order valence-electron chi connectivity index (χ2n) is 17.9. The number of carbonyl (C=O) groups excluding carboxylic acids is 5. The van der Waals surface area contributed by atoms with Crippen LogP contribution in [0, 0.1) is 11.8 Å². The van der Waals surface area contributed by atoms with E-state index in [1.54, 1.807) is 24.3 Å². The number of fused-ring (bicyclic) bond motifs is 2. The highest BCUT2D eigenvalue weighted by molar-refractivity contribution is 8.45. The van der Waals surface area contributed by atoms with Crippen LogP contribution in [-0.2, 0) is 9.59 Å². The van der Waals surface area contributed by atoms with E-state index in [0.717, 1.165) is 118 Å². The Labute approximate surface area is 366 Å². The van der Waals surface area contributed by atoms with Crippen molar-refractivity contribution in [1.82, 2.24) is 29.9 Å². The predicted molar refractivity (Wildman–Crippen MR) is 231 cm³/mol. The van der Waals surface area contributed by atoms with E-state index in [9.17, 15) is 43.4 Å². The number of nitrogens with zero attached hydrogens (tertiary/aromatic N) is 6. The molecule has 5 amide bonds. The number of amides is 5. The van der Waals surface area contributed by atoms with Crippen LogP contribution in [0.15, 0.2) is 59.8 Å². The molecule has 4 aliphatic heterocycles. The summed E-state index contributed by atoms with van der Waals surface area (Å²) in [5.74, 6) is -2.16. The van der Waals surface area contributed by atoms with E-state index >= 15 is 0 Å². The number of halogens is 5. The van der Waals surface area contributed by atoms with E-state index in [2.05, 4.69) is 30.7 Å². The van der Waals surface area contributed by atoms with Crippen LogP contribution in [0.5, 0.6) is 0 Å². The molecule has 4 aromatic rings. The van der Waals surface area contributed by atoms with E-state index in [4.69, 9.17) is 5.10 Å². The average molecular weight is 912 g/mol. The molecule has 5 aliphatic rings. The predicted octanol–water partition coefficient (Wildman–Crippen LogP) is 8.29. The molecule has 6 heterocycles. The van der Waals surface area contributed by atoms with Crippen LogP contribution >= 0.6 is 10.2 Å². The van der Waals surface area contributed by atoms with Crippen molar-refractivity contribution in [3.05, 3.63) is 71.5 Å². The molecule has 3 N–H and O–H groups in total. The van der Waals surface area contributed by atoms with Crippen molar-refractivity contribution < 1.29 is 43.4 Å². The third-order valence-electron chi connectivity index (χ3n) is 13.4. The number of hydrogen-bond donors (Lipinski definition) is 3. The molecule has 9 rings (SSSR count). The van der Waals surface area contributed by atoms with Gasteiger partial charge in [-0.15, -0.1) is 0 Å². The summed E-state index contributed by atoms with van der Waals surface area (Å²) in [4.78, 5) is 72.2. The second-order valence-corrected chi connectivity index (χ2v) is 20.2. The molecule has 1 saturated carbocycles. The molecule has 4 fully saturated rings. The quantitative estimate of drug-likeness (QED) is 0.0987. The fourth-order valence-electron chi connectivity index (χ4n) is 9.88. The van der Waals surface area contributed by atoms with Gasteiger partial charge in [0.05, 0.1) is 34.1 Å². The van der Waals surface area contributed by atoms with Crippen LogP contribution in [0.1, 0.15) is 108 Å². The van der Waals surface area contributed by atoms with E-state index in [-0.39, 0.29) is 36.1 Å². The minimum atomic E-state index is -10.1. The van der Waals surface area contributed by atoms with Crippen LogP contribution in [-0.4, -0.2) is 99.4 Å². The van der Waals surface area contributed by atoms with E-state index in [1.807, 2.05) is 16.9 Å². The van der Waals surface area contributed by atoms with Crippen molar-refractivity contribution >= 4 is 67.7 Å². The summed E-state index contributed by atoms with van der Waals surface area (Å²) in [6.07, 6.45) is 11.0. The minimum absolute atomic E-state index is 0.0655. The molecule has 0 spiro atoms. The third-order valence-corrected chi connectivity index (χ3v) is 14.4. The maximum atomic E-state index is 13.5. The van der Waals surface area contributed by atoms with Gasteiger partial charge >= 0.3 is 10.2 Å². The summed E-state index contributed by atoms with van der Waals surface area (Å²) < 4.78 is 69.6. The van der Waals surface area contributed by atoms with Crippen molar-refractivity contribution in [3.8, 4) is 0 Å². The maximum Gasteiger partial charge on any atom is 0.325 e. The lowest BCUT2D eigenvalue weighted by Crippen LogP contribution is -2.54. The number of nitrogens with one attached hydrogen (secondary N) is 3. The van der Waals surface area contributed by atoms with Crippen LogP contribution in [0.2, 0.25) is 0 Å². The standard InChI is InChI=1S/C44H50F5N9O5S/c45-64(46,47,48,49)40-6-4-5-34(51-40)41(60)52-36-21-29-26-57(54-35(29)23-38(36)56-17-2-1-3-18-56)31-10-7-28(8-11-31)25-55-19-15-27(16-20-55)24-50-30-9-12-32-33(22-30)44(63)58(43(32)62)37-13-14-39(59)53-42(37)61/h4-6,9,12,21-23,26-28,31,37,50H,1-3,7-8,10-11,13-20,24-25H2,(H,52,60)(H,53,59,61). The van der Waals surface area contributed by atoms with Crippen LogP contribution in [0.25, 0.3) is 10.9 Å². The Bertz CT molecular complexity index is 2540. The summed E-state index contributed by atoms with van der Waals surface area (Å²) in [5, 5.41) is 11.7. The fourth-order valence-corrected chi connectivity index (χ4v) is 10.5. The van der Waals surface area contributed by atoms with Gasteiger partial charge in [-0.1, -0.05) is 25.5 Å². The lowest BCUT2D eigenvalue weighted by Gasteiger charge is -2.39. The molecule has 1 atom stereocenters. The smallest absolute Gasteiger partial charge is 0.325 e. The van der Waals surface area contributed by atoms with Gasteiger partial charge < -0.3 is 20.4 Å². The molecule has 342 valence electrons. The van der Waals surface area contributed by atoms with Gasteiger partial charge in [0.15, 0.2) is 5.03 Å². The molecule has 64 heavy (non-hydrogen) atoms. The molecule has 0 radical (unpaired) electrons. The van der Waals surface area contributed by atoms with Gasteiger partial charge in [0.25, 0.3) is 17.7 Å². The highest BCUT2D eigenvalue weighted by Crippen LogP contribution is 3.01. The van der Waals surface area contributed by atoms with E-state index in [1.165, 1.54) is 0 Å². The molecule has 2 aromatic heterocycles. The van der Waals surface area contributed by atoms with Crippen LogP contribution in [0.3, 0.4) is 0 Å². The molecule has 1 unspecified atom stereocenters. The average Bonchev–Trinajstić information content (AvgIpc) is 3.79. The number of rotatable bonds is 11. The van der Waals surface area contributed by atoms with Crippen molar-refractivity contribution in [2.45, 2.75) is 87.7 Å². The van der Waals surface area contributed by atoms with Gasteiger partial charge in [0.2, 0.25) is 11.8 Å². The van der Waals surface area contributed by atoms with Crippen LogP contribution < -0.4 is 20.9 Å². The van der Waals surface area contributed by atoms with Gasteiger partial charge in [0.1, 0.15) is 11.7 Å². The van der Waals surface area contributed by atoms with Gasteiger partial charge in [-0.3, -0.25) is 38.9 Å². The Morgan fingerprint density at radius 2 is 1.53 bits per heavy atom. The monoisotopic (exact) mass is 911 g/mol. The number of aromatic nitrogens is 3. The Morgan fingerprint density at radius 3 is 2.25 bits per heavy atom. The summed E-state index contributed by atoms with van der Waals surface area (Å²) in [5.41, 5.74) is 2.19. The van der Waals surface area contributed by atoms with E-state index < -0.39 is 56.5 Å². The lowest BCUT2D eigenvalue weighted by molar-refractivity contribution is -0.136. The number of carbonyl (C=O) groups is 5. The first-order chi connectivity index (χ1) is 30.4. The normalized spacial score (nSPS) is 23.7. The highest BCUT2D eigenvalue weighted by Gasteiger charge is 2.67. The third kappa shape index (κ3) is 9.16. The first-order valence-electron chi connectivity index (χ1n) is 22.0. The topological polar surface area (TPSA) is 162 Å². The summed E-state index contributed by atoms with van der Waals surface area (Å²) >= 11 is 0. The number of benzene rings is 2. The number of pyridine rings is 1. The maximum absolute atomic E-state index is 13.5. The number of imide groups is 2. The van der Waals surface area contributed by atoms with Crippen molar-refractivity contribution in [1.29, 1.82) is 0 Å². The largest absolute Gasteiger partial charge is 0.385 e. The number of anilines is 3. The summed E-state index contributed by atoms with van der Waals surface area (Å²) in [7, 11) is -10.1. The first kappa shape index (κ1) is 43.6. The van der Waals surface area contributed by atoms with Crippen molar-refractivity contribution in [2.75, 3.05) is 54.8 Å². The Kier molecular flexibility index (Phi) is 11.0. The Morgan fingerprint density at radius 1 is 0.797 bits per heavy atom. The molecule has 1 aliphatic carbocycles. The van der Waals surface area contributed by atoms with Gasteiger partial charge in [0, 0.05) is 49.9 Å². The molecule has 0 bridgehead atoms. The second kappa shape index (κ2) is 16.1. The van der Waals surface area contributed by atoms with Gasteiger partial charge in [-0.05, 0) is 132 Å². The summed E-state index contributed by atoms with van der Waals surface area (Å²) in [6, 6.07) is 9.76. The molecule has 20 heteroatoms. The SMILES string of the molecule is O=C1CCC(N2C(=O)c3ccc(NCC4CCN(CC5CCC(n6cc7cc(NC(=O)c8cccc(S(F)(F)(F)(F)F)n8)c(N8CCCCC8)cc7n6)CC5)CC4)cc3C2=O)C(=O)N1. The molecule has 3 saturated heterocycles. The van der Waals surface area contributed by atoms with E-state index in [0.29, 0.717) is 36.3 Å². The Balaban J connectivity index is 0.775. The van der Waals surface area contributed by atoms with Crippen molar-refractivity contribution in [3.63, 3.8) is 0 Å². The fraction of sp³-hybridized carbons (Fsp3) is 0.477. The zero-order valence-corrected chi connectivity index (χ0v) is 35.9. The Hall–Kier alpha value is -5.63. The molecule has 14 nitrogen and oxygen atoms in total. The van der Waals surface area contributed by atoms with Crippen LogP contribution in [0.4, 0.5) is 36.5 Å². The van der Waals surface area contributed by atoms with Gasteiger partial charge in [-0.2, -0.15) is 5.10 Å². The summed E-state index contributed by atoms with van der Waals surface area (Å²) in [6.45, 7) is 5.11. The first-order valence-corrected chi connectivity index (χ1v) is 23.9. The highest BCUT2D eigenvalue weighted by atomic mass is 32.5.